The average molecular weight is 481 g/mol. The maximum atomic E-state index is 13.3. The van der Waals surface area contributed by atoms with Crippen molar-refractivity contribution in [3.63, 3.8) is 0 Å². The minimum absolute atomic E-state index is 0.0908. The van der Waals surface area contributed by atoms with E-state index >= 15 is 0 Å². The van der Waals surface area contributed by atoms with Crippen LogP contribution in [0.4, 0.5) is 0 Å². The maximum absolute atomic E-state index is 13.3. The van der Waals surface area contributed by atoms with Gasteiger partial charge in [-0.1, -0.05) is 48.2 Å². The zero-order chi connectivity index (χ0) is 24.4. The molecule has 176 valence electrons. The van der Waals surface area contributed by atoms with E-state index in [4.69, 9.17) is 14.2 Å². The van der Waals surface area contributed by atoms with Gasteiger partial charge >= 0.3 is 11.9 Å². The average Bonchev–Trinajstić information content (AvgIpc) is 3.10. The number of rotatable bonds is 6. The molecule has 1 fully saturated rings. The molecule has 9 heteroatoms. The van der Waals surface area contributed by atoms with Gasteiger partial charge in [0.2, 0.25) is 5.91 Å². The van der Waals surface area contributed by atoms with Gasteiger partial charge in [0.05, 0.1) is 29.7 Å². The number of hydrogen-bond donors (Lipinski definition) is 0. The van der Waals surface area contributed by atoms with Crippen LogP contribution >= 0.6 is 11.8 Å². The fourth-order valence-corrected chi connectivity index (χ4v) is 4.90. The number of fused-ring (bicyclic) bond motifs is 1. The summed E-state index contributed by atoms with van der Waals surface area (Å²) in [5.74, 6) is -0.655. The number of carbonyl (C=O) groups excluding carboxylic acids is 3. The Balaban J connectivity index is 1.74. The molecular weight excluding hydrogens is 456 g/mol. The van der Waals surface area contributed by atoms with E-state index in [0.29, 0.717) is 22.2 Å². The van der Waals surface area contributed by atoms with Gasteiger partial charge in [0.1, 0.15) is 6.61 Å². The van der Waals surface area contributed by atoms with Crippen LogP contribution in [-0.2, 0) is 25.7 Å². The molecule has 0 N–H and O–H groups in total. The first-order valence-corrected chi connectivity index (χ1v) is 11.5. The van der Waals surface area contributed by atoms with Crippen molar-refractivity contribution in [2.24, 2.45) is 4.99 Å². The Morgan fingerprint density at radius 2 is 1.85 bits per heavy atom. The standard InChI is InChI=1S/C25H24N2O6S/c1-14-21(24(30)32-13-17-8-6-5-7-9-17)22(27-23(29)15(2)34-25(27)26-14)18-10-11-19(33-16(3)28)20(12-18)31-4/h5-12,15,22H,13H2,1-4H3/t15-,22-/m1/s1. The Kier molecular flexibility index (Phi) is 6.74. The van der Waals surface area contributed by atoms with Crippen molar-refractivity contribution in [2.75, 3.05) is 7.11 Å². The maximum Gasteiger partial charge on any atom is 0.338 e. The van der Waals surface area contributed by atoms with E-state index in [-0.39, 0.29) is 29.1 Å². The quantitative estimate of drug-likeness (QED) is 0.455. The zero-order valence-electron chi connectivity index (χ0n) is 19.2. The Hall–Kier alpha value is -3.59. The van der Waals surface area contributed by atoms with Crippen molar-refractivity contribution in [3.05, 3.63) is 70.9 Å². The number of carbonyl (C=O) groups is 3. The van der Waals surface area contributed by atoms with Crippen LogP contribution in [0.2, 0.25) is 0 Å². The Morgan fingerprint density at radius 1 is 1.12 bits per heavy atom. The lowest BCUT2D eigenvalue weighted by molar-refractivity contribution is -0.141. The van der Waals surface area contributed by atoms with Crippen molar-refractivity contribution in [3.8, 4) is 11.5 Å². The summed E-state index contributed by atoms with van der Waals surface area (Å²) >= 11 is 1.34. The zero-order valence-corrected chi connectivity index (χ0v) is 20.0. The van der Waals surface area contributed by atoms with Crippen LogP contribution in [0.1, 0.15) is 37.9 Å². The van der Waals surface area contributed by atoms with Crippen LogP contribution in [0.15, 0.2) is 64.8 Å². The lowest BCUT2D eigenvalue weighted by Gasteiger charge is -2.33. The van der Waals surface area contributed by atoms with Crippen LogP contribution in [-0.4, -0.2) is 40.3 Å². The van der Waals surface area contributed by atoms with Gasteiger partial charge in [-0.25, -0.2) is 9.79 Å². The molecule has 0 spiro atoms. The van der Waals surface area contributed by atoms with E-state index in [1.165, 1.54) is 30.7 Å². The number of aliphatic imine (C=N–C) groups is 1. The van der Waals surface area contributed by atoms with Gasteiger partial charge in [-0.3, -0.25) is 14.5 Å². The number of allylic oxidation sites excluding steroid dienone is 1. The van der Waals surface area contributed by atoms with Crippen molar-refractivity contribution < 1.29 is 28.6 Å². The minimum Gasteiger partial charge on any atom is -0.493 e. The molecule has 34 heavy (non-hydrogen) atoms. The monoisotopic (exact) mass is 480 g/mol. The van der Waals surface area contributed by atoms with Crippen LogP contribution in [0.3, 0.4) is 0 Å². The number of thioether (sulfide) groups is 1. The number of amidine groups is 1. The largest absolute Gasteiger partial charge is 0.493 e. The molecule has 0 aliphatic carbocycles. The summed E-state index contributed by atoms with van der Waals surface area (Å²) in [6.45, 7) is 4.92. The van der Waals surface area contributed by atoms with Crippen molar-refractivity contribution in [1.82, 2.24) is 4.90 Å². The highest BCUT2D eigenvalue weighted by Crippen LogP contribution is 2.44. The summed E-state index contributed by atoms with van der Waals surface area (Å²) in [7, 11) is 1.45. The van der Waals surface area contributed by atoms with Gasteiger partial charge in [0.15, 0.2) is 16.7 Å². The molecule has 4 rings (SSSR count). The summed E-state index contributed by atoms with van der Waals surface area (Å²) in [6, 6.07) is 13.5. The second-order valence-corrected chi connectivity index (χ2v) is 9.14. The summed E-state index contributed by atoms with van der Waals surface area (Å²) < 4.78 is 16.2. The number of methoxy groups -OCH3 is 1. The van der Waals surface area contributed by atoms with E-state index in [9.17, 15) is 14.4 Å². The van der Waals surface area contributed by atoms with E-state index in [2.05, 4.69) is 4.99 Å². The number of ether oxygens (including phenoxy) is 3. The fraction of sp³-hybridized carbons (Fsp3) is 0.280. The molecule has 1 amide bonds. The molecule has 0 aromatic heterocycles. The highest BCUT2D eigenvalue weighted by atomic mass is 32.2. The first-order valence-electron chi connectivity index (χ1n) is 10.7. The highest BCUT2D eigenvalue weighted by molar-refractivity contribution is 8.15. The van der Waals surface area contributed by atoms with Crippen LogP contribution in [0.5, 0.6) is 11.5 Å². The molecule has 0 radical (unpaired) electrons. The Bertz CT molecular complexity index is 1210. The number of amides is 1. The van der Waals surface area contributed by atoms with Gasteiger partial charge in [0, 0.05) is 6.92 Å². The molecule has 2 aliphatic rings. The molecule has 2 aliphatic heterocycles. The summed E-state index contributed by atoms with van der Waals surface area (Å²) in [5.41, 5.74) is 2.20. The molecule has 8 nitrogen and oxygen atoms in total. The molecule has 0 bridgehead atoms. The van der Waals surface area contributed by atoms with Crippen molar-refractivity contribution >= 4 is 34.8 Å². The topological polar surface area (TPSA) is 94.5 Å². The van der Waals surface area contributed by atoms with Crippen LogP contribution < -0.4 is 9.47 Å². The Labute approximate surface area is 201 Å². The molecule has 1 saturated heterocycles. The predicted octanol–water partition coefficient (Wildman–Crippen LogP) is 4.01. The second-order valence-electron chi connectivity index (χ2n) is 7.83. The van der Waals surface area contributed by atoms with E-state index in [1.807, 2.05) is 30.3 Å². The second kappa shape index (κ2) is 9.72. The molecule has 2 heterocycles. The summed E-state index contributed by atoms with van der Waals surface area (Å²) in [5, 5.41) is 0.193. The molecule has 2 aromatic rings. The highest BCUT2D eigenvalue weighted by Gasteiger charge is 2.46. The van der Waals surface area contributed by atoms with Crippen LogP contribution in [0.25, 0.3) is 0 Å². The van der Waals surface area contributed by atoms with Crippen LogP contribution in [0, 0.1) is 0 Å². The van der Waals surface area contributed by atoms with Gasteiger partial charge < -0.3 is 14.2 Å². The molecule has 2 atom stereocenters. The van der Waals surface area contributed by atoms with Gasteiger partial charge in [0.25, 0.3) is 0 Å². The third-order valence-electron chi connectivity index (χ3n) is 5.45. The SMILES string of the molecule is COc1cc([C@@H]2C(C(=O)OCc3ccccc3)=C(C)N=C3S[C@H](C)C(=O)N32)ccc1OC(C)=O. The molecule has 0 saturated carbocycles. The van der Waals surface area contributed by atoms with Gasteiger partial charge in [-0.05, 0) is 37.1 Å². The minimum atomic E-state index is -0.763. The summed E-state index contributed by atoms with van der Waals surface area (Å²) in [4.78, 5) is 43.9. The first kappa shape index (κ1) is 23.6. The van der Waals surface area contributed by atoms with E-state index in [1.54, 1.807) is 32.0 Å². The normalized spacial score (nSPS) is 19.5. The third-order valence-corrected chi connectivity index (χ3v) is 6.50. The summed E-state index contributed by atoms with van der Waals surface area (Å²) in [6.07, 6.45) is 0. The number of nitrogens with zero attached hydrogens (tertiary/aromatic N) is 2. The third kappa shape index (κ3) is 4.56. The molecule has 2 aromatic carbocycles. The van der Waals surface area contributed by atoms with Crippen molar-refractivity contribution in [1.29, 1.82) is 0 Å². The lowest BCUT2D eigenvalue weighted by atomic mass is 9.94. The van der Waals surface area contributed by atoms with Gasteiger partial charge in [-0.2, -0.15) is 0 Å². The number of hydrogen-bond acceptors (Lipinski definition) is 8. The van der Waals surface area contributed by atoms with E-state index in [0.717, 1.165) is 5.56 Å². The van der Waals surface area contributed by atoms with Gasteiger partial charge in [-0.15, -0.1) is 0 Å². The lowest BCUT2D eigenvalue weighted by Crippen LogP contribution is -2.40. The van der Waals surface area contributed by atoms with E-state index < -0.39 is 18.0 Å². The molecular formula is C25H24N2O6S. The predicted molar refractivity (Wildman–Crippen MR) is 127 cm³/mol. The number of esters is 2. The molecule has 0 unspecified atom stereocenters. The first-order chi connectivity index (χ1) is 16.3. The van der Waals surface area contributed by atoms with Crippen molar-refractivity contribution in [2.45, 2.75) is 38.7 Å². The Morgan fingerprint density at radius 3 is 2.53 bits per heavy atom. The number of benzene rings is 2. The smallest absolute Gasteiger partial charge is 0.338 e. The fourth-order valence-electron chi connectivity index (χ4n) is 3.87.